The van der Waals surface area contributed by atoms with Crippen LogP contribution in [0.5, 0.6) is 0 Å². The van der Waals surface area contributed by atoms with E-state index in [1.165, 1.54) is 5.56 Å². The van der Waals surface area contributed by atoms with Crippen LogP contribution in [0.4, 0.5) is 5.69 Å². The topological polar surface area (TPSA) is 67.2 Å². The number of aliphatic hydroxyl groups excluding tert-OH is 1. The molecule has 0 aliphatic rings. The molecule has 0 radical (unpaired) electrons. The van der Waals surface area contributed by atoms with Gasteiger partial charge in [0.1, 0.15) is 6.54 Å². The van der Waals surface area contributed by atoms with Gasteiger partial charge in [-0.05, 0) is 55.9 Å². The Morgan fingerprint density at radius 2 is 1.96 bits per heavy atom. The van der Waals surface area contributed by atoms with E-state index < -0.39 is 0 Å². The van der Waals surface area contributed by atoms with Crippen LogP contribution in [0.25, 0.3) is 0 Å². The van der Waals surface area contributed by atoms with Crippen molar-refractivity contribution >= 4 is 11.6 Å². The van der Waals surface area contributed by atoms with Crippen LogP contribution in [-0.2, 0) is 17.8 Å². The number of anilines is 1. The van der Waals surface area contributed by atoms with E-state index in [2.05, 4.69) is 36.4 Å². The molecule has 0 fully saturated rings. The van der Waals surface area contributed by atoms with E-state index in [9.17, 15) is 4.79 Å². The zero-order valence-electron chi connectivity index (χ0n) is 15.0. The van der Waals surface area contributed by atoms with E-state index in [0.717, 1.165) is 29.1 Å². The van der Waals surface area contributed by atoms with Crippen LogP contribution in [0.3, 0.4) is 0 Å². The van der Waals surface area contributed by atoms with Crippen molar-refractivity contribution in [3.63, 3.8) is 0 Å². The lowest BCUT2D eigenvalue weighted by atomic mass is 9.99. The van der Waals surface area contributed by atoms with Gasteiger partial charge in [-0.25, -0.2) is 0 Å². The highest BCUT2D eigenvalue weighted by molar-refractivity contribution is 5.90. The number of nitrogens with zero attached hydrogens (tertiary/aromatic N) is 2. The molecule has 130 valence electrons. The molecule has 1 heterocycles. The first kappa shape index (κ1) is 18.2. The van der Waals surface area contributed by atoms with Crippen molar-refractivity contribution in [2.24, 2.45) is 0 Å². The highest BCUT2D eigenvalue weighted by Gasteiger charge is 2.13. The molecule has 5 heteroatoms. The summed E-state index contributed by atoms with van der Waals surface area (Å²) in [5.41, 5.74) is 4.89. The van der Waals surface area contributed by atoms with E-state index in [1.54, 1.807) is 4.68 Å². The Hall–Kier alpha value is -2.14. The molecule has 0 bridgehead atoms. The van der Waals surface area contributed by atoms with Crippen molar-refractivity contribution in [2.75, 3.05) is 11.9 Å². The Balaban J connectivity index is 2.02. The average Bonchev–Trinajstić information content (AvgIpc) is 2.82. The predicted octanol–water partition coefficient (Wildman–Crippen LogP) is 3.19. The first-order valence-electron chi connectivity index (χ1n) is 8.49. The lowest BCUT2D eigenvalue weighted by Gasteiger charge is -2.11. The third-order valence-electron chi connectivity index (χ3n) is 4.56. The van der Waals surface area contributed by atoms with Crippen LogP contribution in [0, 0.1) is 13.8 Å². The van der Waals surface area contributed by atoms with Crippen LogP contribution in [0.1, 0.15) is 48.7 Å². The molecular weight excluding hydrogens is 302 g/mol. The Labute approximate surface area is 143 Å². The average molecular weight is 329 g/mol. The maximum atomic E-state index is 12.3. The molecule has 1 amide bonds. The first-order chi connectivity index (χ1) is 11.5. The second-order valence-electron chi connectivity index (χ2n) is 6.26. The normalized spacial score (nSPS) is 12.2. The summed E-state index contributed by atoms with van der Waals surface area (Å²) in [4.78, 5) is 12.3. The third kappa shape index (κ3) is 4.23. The van der Waals surface area contributed by atoms with Crippen LogP contribution in [-0.4, -0.2) is 27.4 Å². The summed E-state index contributed by atoms with van der Waals surface area (Å²) in [6.07, 6.45) is 1.66. The van der Waals surface area contributed by atoms with Gasteiger partial charge in [-0.15, -0.1) is 0 Å². The fourth-order valence-electron chi connectivity index (χ4n) is 2.83. The summed E-state index contributed by atoms with van der Waals surface area (Å²) >= 11 is 0. The minimum Gasteiger partial charge on any atom is -0.396 e. The number of aliphatic hydroxyl groups is 1. The second-order valence-corrected chi connectivity index (χ2v) is 6.26. The Bertz CT molecular complexity index is 689. The Morgan fingerprint density at radius 1 is 1.29 bits per heavy atom. The van der Waals surface area contributed by atoms with Gasteiger partial charge in [-0.1, -0.05) is 26.0 Å². The maximum Gasteiger partial charge on any atom is 0.246 e. The molecule has 1 aromatic carbocycles. The molecule has 2 N–H and O–H groups in total. The molecule has 0 unspecified atom stereocenters. The van der Waals surface area contributed by atoms with Crippen LogP contribution in [0.15, 0.2) is 24.3 Å². The lowest BCUT2D eigenvalue weighted by molar-refractivity contribution is -0.116. The molecule has 1 atom stereocenters. The summed E-state index contributed by atoms with van der Waals surface area (Å²) < 4.78 is 1.70. The van der Waals surface area contributed by atoms with Gasteiger partial charge in [-0.3, -0.25) is 9.48 Å². The molecular formula is C19H27N3O2. The van der Waals surface area contributed by atoms with E-state index in [-0.39, 0.29) is 19.1 Å². The molecule has 2 aromatic rings. The smallest absolute Gasteiger partial charge is 0.246 e. The molecule has 0 aliphatic carbocycles. The molecule has 0 aliphatic heterocycles. The summed E-state index contributed by atoms with van der Waals surface area (Å²) in [5.74, 6) is 0.418. The van der Waals surface area contributed by atoms with Gasteiger partial charge in [0.15, 0.2) is 0 Å². The van der Waals surface area contributed by atoms with Crippen molar-refractivity contribution in [3.8, 4) is 0 Å². The van der Waals surface area contributed by atoms with Gasteiger partial charge in [0, 0.05) is 18.0 Å². The monoisotopic (exact) mass is 329 g/mol. The van der Waals surface area contributed by atoms with Crippen molar-refractivity contribution in [1.82, 2.24) is 9.78 Å². The highest BCUT2D eigenvalue weighted by atomic mass is 16.3. The van der Waals surface area contributed by atoms with Gasteiger partial charge >= 0.3 is 0 Å². The van der Waals surface area contributed by atoms with Crippen LogP contribution in [0.2, 0.25) is 0 Å². The third-order valence-corrected chi connectivity index (χ3v) is 4.56. The maximum absolute atomic E-state index is 12.3. The number of rotatable bonds is 7. The number of aromatic nitrogens is 2. The van der Waals surface area contributed by atoms with E-state index in [0.29, 0.717) is 12.3 Å². The van der Waals surface area contributed by atoms with Gasteiger partial charge in [0.25, 0.3) is 0 Å². The number of amides is 1. The predicted molar refractivity (Wildman–Crippen MR) is 96.3 cm³/mol. The standard InChI is InChI=1S/C19H27N3O2/c1-5-13(2)16-6-8-17(9-7-16)20-19(24)12-22-15(4)18(10-11-23)14(3)21-22/h6-9,13,23H,5,10-12H2,1-4H3,(H,20,24)/t13-/m0/s1. The largest absolute Gasteiger partial charge is 0.396 e. The van der Waals surface area contributed by atoms with E-state index in [4.69, 9.17) is 5.11 Å². The van der Waals surface area contributed by atoms with Crippen molar-refractivity contribution < 1.29 is 9.90 Å². The number of carbonyl (C=O) groups is 1. The SMILES string of the molecule is CC[C@H](C)c1ccc(NC(=O)Cn2nc(C)c(CCO)c2C)cc1. The Morgan fingerprint density at radius 3 is 2.54 bits per heavy atom. The molecule has 0 spiro atoms. The zero-order chi connectivity index (χ0) is 17.7. The highest BCUT2D eigenvalue weighted by Crippen LogP contribution is 2.20. The van der Waals surface area contributed by atoms with E-state index in [1.807, 2.05) is 26.0 Å². The summed E-state index contributed by atoms with van der Waals surface area (Å²) in [6.45, 7) is 8.45. The lowest BCUT2D eigenvalue weighted by Crippen LogP contribution is -2.20. The molecule has 24 heavy (non-hydrogen) atoms. The van der Waals surface area contributed by atoms with Crippen molar-refractivity contribution in [3.05, 3.63) is 46.8 Å². The molecule has 2 rings (SSSR count). The van der Waals surface area contributed by atoms with Gasteiger partial charge < -0.3 is 10.4 Å². The van der Waals surface area contributed by atoms with Crippen molar-refractivity contribution in [2.45, 2.75) is 53.0 Å². The number of hydrogen-bond donors (Lipinski definition) is 2. The fraction of sp³-hybridized carbons (Fsp3) is 0.474. The minimum absolute atomic E-state index is 0.0854. The van der Waals surface area contributed by atoms with Gasteiger partial charge in [-0.2, -0.15) is 5.10 Å². The second kappa shape index (κ2) is 8.11. The Kier molecular flexibility index (Phi) is 6.15. The molecule has 0 saturated heterocycles. The summed E-state index contributed by atoms with van der Waals surface area (Å²) in [7, 11) is 0. The first-order valence-corrected chi connectivity index (χ1v) is 8.49. The minimum atomic E-state index is -0.104. The van der Waals surface area contributed by atoms with E-state index >= 15 is 0 Å². The quantitative estimate of drug-likeness (QED) is 0.820. The molecule has 0 saturated carbocycles. The van der Waals surface area contributed by atoms with Crippen molar-refractivity contribution in [1.29, 1.82) is 0 Å². The number of hydrogen-bond acceptors (Lipinski definition) is 3. The van der Waals surface area contributed by atoms with Gasteiger partial charge in [0.2, 0.25) is 5.91 Å². The summed E-state index contributed by atoms with van der Waals surface area (Å²) in [6, 6.07) is 8.01. The molecule has 1 aromatic heterocycles. The fourth-order valence-corrected chi connectivity index (χ4v) is 2.83. The van der Waals surface area contributed by atoms with Crippen LogP contribution < -0.4 is 5.32 Å². The van der Waals surface area contributed by atoms with Gasteiger partial charge in [0.05, 0.1) is 5.69 Å². The van der Waals surface area contributed by atoms with Crippen LogP contribution >= 0.6 is 0 Å². The number of carbonyl (C=O) groups excluding carboxylic acids is 1. The number of benzene rings is 1. The molecule has 5 nitrogen and oxygen atoms in total. The summed E-state index contributed by atoms with van der Waals surface area (Å²) in [5, 5.41) is 16.4. The number of aryl methyl sites for hydroxylation is 1. The number of nitrogens with one attached hydrogen (secondary N) is 1. The zero-order valence-corrected chi connectivity index (χ0v) is 15.0.